The Kier molecular flexibility index (Phi) is 5.99. The first-order chi connectivity index (χ1) is 12.1. The van der Waals surface area contributed by atoms with Gasteiger partial charge in [-0.2, -0.15) is 8.42 Å². The summed E-state index contributed by atoms with van der Waals surface area (Å²) in [5, 5.41) is 0. The van der Waals surface area contributed by atoms with E-state index in [0.29, 0.717) is 23.5 Å². The van der Waals surface area contributed by atoms with Crippen molar-refractivity contribution in [2.45, 2.75) is 20.8 Å². The van der Waals surface area contributed by atoms with Crippen LogP contribution in [-0.2, 0) is 14.9 Å². The van der Waals surface area contributed by atoms with Crippen LogP contribution in [0.25, 0.3) is 0 Å². The quantitative estimate of drug-likeness (QED) is 0.581. The van der Waals surface area contributed by atoms with Crippen molar-refractivity contribution < 1.29 is 17.8 Å². The first-order valence-corrected chi connectivity index (χ1v) is 9.82. The lowest BCUT2D eigenvalue weighted by Gasteiger charge is -2.22. The van der Waals surface area contributed by atoms with Crippen LogP contribution >= 0.6 is 0 Å². The smallest absolute Gasteiger partial charge is 0.266 e. The van der Waals surface area contributed by atoms with Crippen molar-refractivity contribution in [3.05, 3.63) is 47.2 Å². The number of nitrogens with zero attached hydrogens (tertiary/aromatic N) is 2. The van der Waals surface area contributed by atoms with Crippen molar-refractivity contribution in [1.82, 2.24) is 0 Å². The second-order valence-corrected chi connectivity index (χ2v) is 7.64. The Labute approximate surface area is 153 Å². The van der Waals surface area contributed by atoms with Crippen molar-refractivity contribution in [2.75, 3.05) is 23.7 Å². The van der Waals surface area contributed by atoms with Crippen LogP contribution in [0.3, 0.4) is 0 Å². The minimum absolute atomic E-state index is 0.200. The standard InChI is InChI=1S/C18H23N3O4S/c1-4-21(9-10-26(23,24)25)15-7-5-14(6-8-15)20-18-12(2)11-16(22)17(19)13(18)3/h5-8,11H,4,9-10,19H2,1-3H3,(H,23,24,25). The Morgan fingerprint density at radius 1 is 1.19 bits per heavy atom. The minimum atomic E-state index is -4.00. The lowest BCUT2D eigenvalue weighted by molar-refractivity contribution is -0.111. The van der Waals surface area contributed by atoms with Gasteiger partial charge in [0.05, 0.1) is 22.8 Å². The van der Waals surface area contributed by atoms with E-state index in [1.54, 1.807) is 6.92 Å². The number of hydrogen-bond donors (Lipinski definition) is 2. The molecule has 0 unspecified atom stereocenters. The van der Waals surface area contributed by atoms with Crippen LogP contribution in [0.2, 0.25) is 0 Å². The number of carbonyl (C=O) groups is 1. The molecule has 0 fully saturated rings. The van der Waals surface area contributed by atoms with E-state index in [2.05, 4.69) is 4.99 Å². The second kappa shape index (κ2) is 7.84. The molecule has 1 aliphatic carbocycles. The third-order valence-electron chi connectivity index (χ3n) is 4.20. The summed E-state index contributed by atoms with van der Waals surface area (Å²) < 4.78 is 30.8. The molecule has 0 saturated carbocycles. The highest BCUT2D eigenvalue weighted by molar-refractivity contribution is 7.85. The van der Waals surface area contributed by atoms with Crippen LogP contribution < -0.4 is 10.6 Å². The maximum absolute atomic E-state index is 11.7. The fourth-order valence-corrected chi connectivity index (χ4v) is 3.14. The zero-order valence-electron chi connectivity index (χ0n) is 15.1. The Hall–Kier alpha value is -2.45. The van der Waals surface area contributed by atoms with Gasteiger partial charge in [-0.05, 0) is 56.7 Å². The Morgan fingerprint density at radius 2 is 1.81 bits per heavy atom. The van der Waals surface area contributed by atoms with Gasteiger partial charge in [0.25, 0.3) is 10.1 Å². The monoisotopic (exact) mass is 377 g/mol. The number of allylic oxidation sites excluding steroid dienone is 3. The maximum Gasteiger partial charge on any atom is 0.266 e. The molecule has 0 aromatic heterocycles. The van der Waals surface area contributed by atoms with Crippen LogP contribution in [0.5, 0.6) is 0 Å². The summed E-state index contributed by atoms with van der Waals surface area (Å²) in [5.41, 5.74) is 9.63. The number of benzene rings is 1. The third kappa shape index (κ3) is 4.80. The highest BCUT2D eigenvalue weighted by Gasteiger charge is 2.19. The van der Waals surface area contributed by atoms with Crippen LogP contribution in [0.15, 0.2) is 52.2 Å². The molecule has 140 valence electrons. The zero-order valence-corrected chi connectivity index (χ0v) is 15.9. The van der Waals surface area contributed by atoms with E-state index < -0.39 is 10.1 Å². The first kappa shape index (κ1) is 19.9. The van der Waals surface area contributed by atoms with Crippen LogP contribution in [0, 0.1) is 0 Å². The van der Waals surface area contributed by atoms with Crippen LogP contribution in [0.4, 0.5) is 11.4 Å². The summed E-state index contributed by atoms with van der Waals surface area (Å²) in [5.74, 6) is -0.529. The lowest BCUT2D eigenvalue weighted by atomic mass is 9.94. The third-order valence-corrected chi connectivity index (χ3v) is 4.90. The molecule has 3 N–H and O–H groups in total. The average molecular weight is 377 g/mol. The van der Waals surface area contributed by atoms with Gasteiger partial charge in [-0.3, -0.25) is 9.35 Å². The molecule has 0 atom stereocenters. The number of hydrogen-bond acceptors (Lipinski definition) is 6. The fourth-order valence-electron chi connectivity index (χ4n) is 2.69. The summed E-state index contributed by atoms with van der Waals surface area (Å²) >= 11 is 0. The van der Waals surface area contributed by atoms with E-state index in [4.69, 9.17) is 10.3 Å². The lowest BCUT2D eigenvalue weighted by Crippen LogP contribution is -2.28. The van der Waals surface area contributed by atoms with E-state index in [1.165, 1.54) is 6.08 Å². The Morgan fingerprint density at radius 3 is 2.35 bits per heavy atom. The molecule has 0 heterocycles. The molecule has 0 amide bonds. The number of carbonyl (C=O) groups excluding carboxylic acids is 1. The number of anilines is 1. The highest BCUT2D eigenvalue weighted by Crippen LogP contribution is 2.24. The van der Waals surface area contributed by atoms with Gasteiger partial charge in [0.1, 0.15) is 0 Å². The molecule has 2 rings (SSSR count). The molecule has 1 aliphatic rings. The van der Waals surface area contributed by atoms with Crippen molar-refractivity contribution in [3.8, 4) is 0 Å². The highest BCUT2D eigenvalue weighted by atomic mass is 32.2. The number of rotatable bonds is 6. The molecule has 0 radical (unpaired) electrons. The zero-order chi connectivity index (χ0) is 19.5. The molecule has 0 spiro atoms. The van der Waals surface area contributed by atoms with E-state index in [0.717, 1.165) is 11.3 Å². The summed E-state index contributed by atoms with van der Waals surface area (Å²) in [4.78, 5) is 18.1. The second-order valence-electron chi connectivity index (χ2n) is 6.07. The van der Waals surface area contributed by atoms with E-state index >= 15 is 0 Å². The van der Waals surface area contributed by atoms with Gasteiger partial charge in [0.2, 0.25) is 5.78 Å². The van der Waals surface area contributed by atoms with Crippen molar-refractivity contribution in [1.29, 1.82) is 0 Å². The van der Waals surface area contributed by atoms with Crippen LogP contribution in [0.1, 0.15) is 20.8 Å². The molecule has 8 heteroatoms. The molecule has 0 bridgehead atoms. The Bertz CT molecular complexity index is 897. The van der Waals surface area contributed by atoms with Crippen LogP contribution in [-0.4, -0.2) is 43.3 Å². The largest absolute Gasteiger partial charge is 0.395 e. The molecule has 26 heavy (non-hydrogen) atoms. The van der Waals surface area contributed by atoms with Crippen molar-refractivity contribution in [3.63, 3.8) is 0 Å². The molecular formula is C18H23N3O4S. The molecular weight excluding hydrogens is 354 g/mol. The van der Waals surface area contributed by atoms with Gasteiger partial charge in [-0.15, -0.1) is 0 Å². The summed E-state index contributed by atoms with van der Waals surface area (Å²) in [6.07, 6.45) is 1.48. The van der Waals surface area contributed by atoms with Gasteiger partial charge in [-0.1, -0.05) is 0 Å². The van der Waals surface area contributed by atoms with E-state index in [1.807, 2.05) is 43.0 Å². The molecule has 1 aromatic rings. The number of nitrogens with two attached hydrogens (primary N) is 1. The van der Waals surface area contributed by atoms with Gasteiger partial charge in [0, 0.05) is 24.4 Å². The normalized spacial score (nSPS) is 16.8. The predicted molar refractivity (Wildman–Crippen MR) is 103 cm³/mol. The molecule has 0 saturated heterocycles. The Balaban J connectivity index is 2.24. The van der Waals surface area contributed by atoms with E-state index in [-0.39, 0.29) is 23.8 Å². The fraction of sp³-hybridized carbons (Fsp3) is 0.333. The number of aliphatic imine (C=N–C) groups is 1. The van der Waals surface area contributed by atoms with Gasteiger partial charge < -0.3 is 10.6 Å². The average Bonchev–Trinajstić information content (AvgIpc) is 2.57. The SMILES string of the molecule is CCN(CCS(=O)(=O)O)c1ccc(N=C2C(C)=CC(=O)C(N)=C2C)cc1. The maximum atomic E-state index is 11.7. The van der Waals surface area contributed by atoms with Crippen molar-refractivity contribution in [2.24, 2.45) is 10.7 Å². The predicted octanol–water partition coefficient (Wildman–Crippen LogP) is 2.23. The van der Waals surface area contributed by atoms with E-state index in [9.17, 15) is 13.2 Å². The molecule has 0 aliphatic heterocycles. The van der Waals surface area contributed by atoms with Crippen molar-refractivity contribution >= 4 is 33.0 Å². The van der Waals surface area contributed by atoms with Gasteiger partial charge in [-0.25, -0.2) is 4.99 Å². The van der Waals surface area contributed by atoms with Gasteiger partial charge in [0.15, 0.2) is 0 Å². The topological polar surface area (TPSA) is 113 Å². The summed E-state index contributed by atoms with van der Waals surface area (Å²) in [7, 11) is -4.00. The summed E-state index contributed by atoms with van der Waals surface area (Å²) in [6, 6.07) is 7.29. The first-order valence-electron chi connectivity index (χ1n) is 8.21. The minimum Gasteiger partial charge on any atom is -0.395 e. The number of ketones is 1. The molecule has 1 aromatic carbocycles. The molecule has 7 nitrogen and oxygen atoms in total. The van der Waals surface area contributed by atoms with Gasteiger partial charge >= 0.3 is 0 Å². The summed E-state index contributed by atoms with van der Waals surface area (Å²) in [6.45, 7) is 6.29.